The zero-order valence-corrected chi connectivity index (χ0v) is 20.9. The molecule has 2 aromatic carbocycles. The Hall–Kier alpha value is -3.84. The minimum atomic E-state index is -0.131. The quantitative estimate of drug-likeness (QED) is 0.413. The second-order valence-corrected chi connectivity index (χ2v) is 9.40. The first-order chi connectivity index (χ1) is 17.5. The van der Waals surface area contributed by atoms with Gasteiger partial charge in [-0.15, -0.1) is 0 Å². The lowest BCUT2D eigenvalue weighted by atomic mass is 9.95. The van der Waals surface area contributed by atoms with Crippen LogP contribution in [0.2, 0.25) is 5.02 Å². The number of halogens is 1. The summed E-state index contributed by atoms with van der Waals surface area (Å²) in [6, 6.07) is 21.2. The molecule has 8 heteroatoms. The van der Waals surface area contributed by atoms with Gasteiger partial charge in [-0.25, -0.2) is 4.68 Å². The normalized spacial score (nSPS) is 14.1. The van der Waals surface area contributed by atoms with Gasteiger partial charge in [-0.05, 0) is 55.7 Å². The largest absolute Gasteiger partial charge is 0.352 e. The van der Waals surface area contributed by atoms with Crippen LogP contribution < -0.4 is 5.32 Å². The summed E-state index contributed by atoms with van der Waals surface area (Å²) in [7, 11) is 0. The highest BCUT2D eigenvalue weighted by Crippen LogP contribution is 2.27. The van der Waals surface area contributed by atoms with Crippen LogP contribution >= 0.6 is 11.6 Å². The van der Waals surface area contributed by atoms with Gasteiger partial charge in [0, 0.05) is 43.0 Å². The lowest BCUT2D eigenvalue weighted by Gasteiger charge is -2.31. The number of rotatable bonds is 6. The van der Waals surface area contributed by atoms with Crippen LogP contribution in [0.1, 0.15) is 34.5 Å². The van der Waals surface area contributed by atoms with Gasteiger partial charge in [-0.2, -0.15) is 5.10 Å². The Morgan fingerprint density at radius 1 is 0.972 bits per heavy atom. The van der Waals surface area contributed by atoms with E-state index in [4.69, 9.17) is 16.7 Å². The third-order valence-corrected chi connectivity index (χ3v) is 7.03. The zero-order valence-electron chi connectivity index (χ0n) is 20.1. The van der Waals surface area contributed by atoms with Crippen LogP contribution in [0.5, 0.6) is 0 Å². The zero-order chi connectivity index (χ0) is 25.1. The molecule has 1 fully saturated rings. The van der Waals surface area contributed by atoms with E-state index < -0.39 is 0 Å². The monoisotopic (exact) mass is 501 g/mol. The van der Waals surface area contributed by atoms with Gasteiger partial charge in [-0.3, -0.25) is 9.59 Å². The molecule has 5 rings (SSSR count). The predicted molar refractivity (Wildman–Crippen MR) is 140 cm³/mol. The highest BCUT2D eigenvalue weighted by molar-refractivity contribution is 6.31. The maximum Gasteiger partial charge on any atom is 0.259 e. The van der Waals surface area contributed by atoms with E-state index >= 15 is 0 Å². The number of nitrogens with one attached hydrogen (secondary N) is 1. The van der Waals surface area contributed by atoms with Gasteiger partial charge in [0.2, 0.25) is 5.91 Å². The van der Waals surface area contributed by atoms with Gasteiger partial charge in [0.1, 0.15) is 5.56 Å². The first-order valence-electron chi connectivity index (χ1n) is 12.1. The fraction of sp³-hybridized carbons (Fsp3) is 0.250. The maximum atomic E-state index is 13.8. The molecule has 2 aromatic heterocycles. The Morgan fingerprint density at radius 3 is 2.33 bits per heavy atom. The minimum Gasteiger partial charge on any atom is -0.352 e. The molecule has 1 aliphatic rings. The minimum absolute atomic E-state index is 0.00289. The SMILES string of the molecule is Cc1nn(-c2ccccc2)c(-n2cccc2)c1C(=O)N1CCC(C(=O)NCc2ccccc2Cl)CC1. The summed E-state index contributed by atoms with van der Waals surface area (Å²) in [5.74, 6) is 0.526. The maximum absolute atomic E-state index is 13.8. The van der Waals surface area contributed by atoms with Crippen molar-refractivity contribution in [3.05, 3.63) is 101 Å². The van der Waals surface area contributed by atoms with Crippen LogP contribution in [0.4, 0.5) is 0 Å². The third-order valence-electron chi connectivity index (χ3n) is 6.66. The Kier molecular flexibility index (Phi) is 6.91. The average molecular weight is 502 g/mol. The summed E-state index contributed by atoms with van der Waals surface area (Å²) in [5.41, 5.74) is 3.03. The van der Waals surface area contributed by atoms with E-state index in [0.29, 0.717) is 54.6 Å². The number of benzene rings is 2. The predicted octanol–water partition coefficient (Wildman–Crippen LogP) is 4.79. The van der Waals surface area contributed by atoms with Crippen LogP contribution in [0.3, 0.4) is 0 Å². The van der Waals surface area contributed by atoms with Crippen LogP contribution in [0, 0.1) is 12.8 Å². The number of carbonyl (C=O) groups excluding carboxylic acids is 2. The van der Waals surface area contributed by atoms with Crippen molar-refractivity contribution in [2.75, 3.05) is 13.1 Å². The smallest absolute Gasteiger partial charge is 0.259 e. The highest BCUT2D eigenvalue weighted by Gasteiger charge is 2.32. The summed E-state index contributed by atoms with van der Waals surface area (Å²) >= 11 is 6.20. The van der Waals surface area contributed by atoms with Crippen LogP contribution in [-0.2, 0) is 11.3 Å². The second-order valence-electron chi connectivity index (χ2n) is 9.00. The Morgan fingerprint density at radius 2 is 1.64 bits per heavy atom. The van der Waals surface area contributed by atoms with Crippen molar-refractivity contribution >= 4 is 23.4 Å². The first kappa shape index (κ1) is 23.9. The molecule has 2 amide bonds. The number of para-hydroxylation sites is 1. The van der Waals surface area contributed by atoms with Crippen LogP contribution in [-0.4, -0.2) is 44.2 Å². The van der Waals surface area contributed by atoms with E-state index in [2.05, 4.69) is 5.32 Å². The molecule has 184 valence electrons. The van der Waals surface area contributed by atoms with Crippen molar-refractivity contribution in [3.63, 3.8) is 0 Å². The third kappa shape index (κ3) is 4.79. The number of hydrogen-bond acceptors (Lipinski definition) is 3. The van der Waals surface area contributed by atoms with Gasteiger partial charge in [-0.1, -0.05) is 48.0 Å². The van der Waals surface area contributed by atoms with Crippen molar-refractivity contribution in [3.8, 4) is 11.5 Å². The van der Waals surface area contributed by atoms with E-state index in [-0.39, 0.29) is 17.7 Å². The van der Waals surface area contributed by atoms with Gasteiger partial charge in [0.25, 0.3) is 5.91 Å². The van der Waals surface area contributed by atoms with Crippen molar-refractivity contribution in [1.82, 2.24) is 24.6 Å². The van der Waals surface area contributed by atoms with Gasteiger partial charge >= 0.3 is 0 Å². The number of carbonyl (C=O) groups is 2. The molecule has 36 heavy (non-hydrogen) atoms. The van der Waals surface area contributed by atoms with E-state index in [0.717, 1.165) is 11.3 Å². The van der Waals surface area contributed by atoms with Crippen molar-refractivity contribution in [2.45, 2.75) is 26.3 Å². The number of amides is 2. The fourth-order valence-electron chi connectivity index (χ4n) is 4.70. The molecule has 0 atom stereocenters. The lowest BCUT2D eigenvalue weighted by Crippen LogP contribution is -2.43. The standard InChI is InChI=1S/C28H28ClN5O2/c1-20-25(27(32-15-7-8-16-32)34(31-20)23-10-3-2-4-11-23)28(36)33-17-13-21(14-18-33)26(35)30-19-22-9-5-6-12-24(22)29/h2-12,15-16,21H,13-14,17-19H2,1H3,(H,30,35). The Balaban J connectivity index is 1.31. The van der Waals surface area contributed by atoms with Crippen LogP contribution in [0.15, 0.2) is 79.1 Å². The average Bonchev–Trinajstić information content (AvgIpc) is 3.56. The van der Waals surface area contributed by atoms with E-state index in [1.54, 1.807) is 0 Å². The van der Waals surface area contributed by atoms with E-state index in [1.807, 2.05) is 100 Å². The molecule has 4 aromatic rings. The van der Waals surface area contributed by atoms with Gasteiger partial charge < -0.3 is 14.8 Å². The molecule has 0 radical (unpaired) electrons. The summed E-state index contributed by atoms with van der Waals surface area (Å²) in [5, 5.41) is 8.37. The number of piperidine rings is 1. The second kappa shape index (κ2) is 10.4. The molecule has 0 aliphatic carbocycles. The molecule has 1 aliphatic heterocycles. The molecule has 7 nitrogen and oxygen atoms in total. The Bertz CT molecular complexity index is 1360. The molecule has 0 saturated carbocycles. The Labute approximate surface area is 215 Å². The summed E-state index contributed by atoms with van der Waals surface area (Å²) in [6.07, 6.45) is 5.07. The number of hydrogen-bond donors (Lipinski definition) is 1. The van der Waals surface area contributed by atoms with Gasteiger partial charge in [0.15, 0.2) is 5.82 Å². The van der Waals surface area contributed by atoms with Crippen molar-refractivity contribution in [2.24, 2.45) is 5.92 Å². The molecule has 0 bridgehead atoms. The summed E-state index contributed by atoms with van der Waals surface area (Å²) in [4.78, 5) is 28.4. The molecule has 3 heterocycles. The molecule has 1 N–H and O–H groups in total. The van der Waals surface area contributed by atoms with E-state index in [9.17, 15) is 9.59 Å². The lowest BCUT2D eigenvalue weighted by molar-refractivity contribution is -0.126. The number of aromatic nitrogens is 3. The number of nitrogens with zero attached hydrogens (tertiary/aromatic N) is 4. The van der Waals surface area contributed by atoms with Crippen LogP contribution in [0.25, 0.3) is 11.5 Å². The molecule has 0 spiro atoms. The topological polar surface area (TPSA) is 72.2 Å². The highest BCUT2D eigenvalue weighted by atomic mass is 35.5. The van der Waals surface area contributed by atoms with Gasteiger partial charge in [0.05, 0.1) is 11.4 Å². The molecular formula is C28H28ClN5O2. The van der Waals surface area contributed by atoms with Crippen molar-refractivity contribution in [1.29, 1.82) is 0 Å². The fourth-order valence-corrected chi connectivity index (χ4v) is 4.90. The summed E-state index contributed by atoms with van der Waals surface area (Å²) in [6.45, 7) is 3.30. The van der Waals surface area contributed by atoms with Crippen molar-refractivity contribution < 1.29 is 9.59 Å². The number of aryl methyl sites for hydroxylation is 1. The molecule has 1 saturated heterocycles. The number of likely N-dealkylation sites (tertiary alicyclic amines) is 1. The van der Waals surface area contributed by atoms with E-state index in [1.165, 1.54) is 0 Å². The first-order valence-corrected chi connectivity index (χ1v) is 12.5. The summed E-state index contributed by atoms with van der Waals surface area (Å²) < 4.78 is 3.74. The molecular weight excluding hydrogens is 474 g/mol. The molecule has 0 unspecified atom stereocenters.